The quantitative estimate of drug-likeness (QED) is 0.604. The molecule has 8 heteroatoms. The summed E-state index contributed by atoms with van der Waals surface area (Å²) in [6, 6.07) is 15.8. The van der Waals surface area contributed by atoms with Crippen LogP contribution in [0.3, 0.4) is 0 Å². The van der Waals surface area contributed by atoms with E-state index in [1.807, 2.05) is 54.9 Å². The molecule has 0 unspecified atom stereocenters. The lowest BCUT2D eigenvalue weighted by atomic mass is 10.1. The van der Waals surface area contributed by atoms with Crippen molar-refractivity contribution in [3.63, 3.8) is 0 Å². The van der Waals surface area contributed by atoms with Crippen LogP contribution in [0.2, 0.25) is 0 Å². The molecule has 0 spiro atoms. The van der Waals surface area contributed by atoms with Gasteiger partial charge in [-0.3, -0.25) is 4.79 Å². The van der Waals surface area contributed by atoms with Crippen LogP contribution >= 0.6 is 11.8 Å². The van der Waals surface area contributed by atoms with Crippen LogP contribution < -0.4 is 14.8 Å². The highest BCUT2D eigenvalue weighted by Gasteiger charge is 2.19. The monoisotopic (exact) mass is 410 g/mol. The number of amides is 1. The molecule has 4 rings (SSSR count). The molecule has 7 nitrogen and oxygen atoms in total. The topological polar surface area (TPSA) is 78.3 Å². The number of ether oxygens (including phenoxy) is 2. The van der Waals surface area contributed by atoms with Crippen LogP contribution in [0.4, 0.5) is 0 Å². The number of fused-ring (bicyclic) bond motifs is 1. The number of hydrogen-bond donors (Lipinski definition) is 1. The average molecular weight is 410 g/mol. The highest BCUT2D eigenvalue weighted by molar-refractivity contribution is 8.00. The largest absolute Gasteiger partial charge is 0.454 e. The number of benzene rings is 2. The third-order valence-electron chi connectivity index (χ3n) is 4.69. The van der Waals surface area contributed by atoms with Gasteiger partial charge in [0.2, 0.25) is 12.7 Å². The summed E-state index contributed by atoms with van der Waals surface area (Å²) in [7, 11) is 1.93. The zero-order valence-corrected chi connectivity index (χ0v) is 17.1. The molecule has 1 aliphatic rings. The van der Waals surface area contributed by atoms with Crippen molar-refractivity contribution in [1.82, 2.24) is 20.1 Å². The van der Waals surface area contributed by atoms with Gasteiger partial charge in [-0.2, -0.15) is 0 Å². The van der Waals surface area contributed by atoms with Crippen molar-refractivity contribution in [1.29, 1.82) is 0 Å². The Balaban J connectivity index is 1.33. The molecule has 1 atom stereocenters. The van der Waals surface area contributed by atoms with Crippen molar-refractivity contribution < 1.29 is 14.3 Å². The minimum absolute atomic E-state index is 0.0553. The fourth-order valence-electron chi connectivity index (χ4n) is 2.98. The highest BCUT2D eigenvalue weighted by Crippen LogP contribution is 2.32. The molecule has 0 fully saturated rings. The Morgan fingerprint density at radius 2 is 1.93 bits per heavy atom. The Hall–Kier alpha value is -3.00. The molecule has 2 aromatic carbocycles. The molecule has 0 aliphatic carbocycles. The van der Waals surface area contributed by atoms with Gasteiger partial charge in [-0.05, 0) is 30.2 Å². The van der Waals surface area contributed by atoms with Gasteiger partial charge in [-0.1, -0.05) is 48.2 Å². The molecule has 150 valence electrons. The summed E-state index contributed by atoms with van der Waals surface area (Å²) < 4.78 is 12.6. The van der Waals surface area contributed by atoms with Gasteiger partial charge in [-0.15, -0.1) is 10.2 Å². The van der Waals surface area contributed by atoms with Gasteiger partial charge in [0, 0.05) is 20.0 Å². The van der Waals surface area contributed by atoms with Crippen LogP contribution in [0.1, 0.15) is 23.9 Å². The Labute approximate surface area is 173 Å². The van der Waals surface area contributed by atoms with E-state index in [1.165, 1.54) is 17.3 Å². The van der Waals surface area contributed by atoms with Crippen LogP contribution in [0.15, 0.2) is 53.7 Å². The molecule has 1 N–H and O–H groups in total. The zero-order chi connectivity index (χ0) is 20.2. The molecule has 0 saturated heterocycles. The van der Waals surface area contributed by atoms with E-state index in [-0.39, 0.29) is 18.0 Å². The van der Waals surface area contributed by atoms with E-state index in [1.54, 1.807) is 0 Å². The first-order chi connectivity index (χ1) is 14.1. The summed E-state index contributed by atoms with van der Waals surface area (Å²) in [5.41, 5.74) is 2.14. The molecule has 0 bridgehead atoms. The molecule has 3 aromatic rings. The predicted octanol–water partition coefficient (Wildman–Crippen LogP) is 2.93. The van der Waals surface area contributed by atoms with Crippen LogP contribution in [0, 0.1) is 0 Å². The van der Waals surface area contributed by atoms with Gasteiger partial charge >= 0.3 is 0 Å². The fraction of sp³-hybridized carbons (Fsp3) is 0.286. The summed E-state index contributed by atoms with van der Waals surface area (Å²) in [5.74, 6) is 2.26. The smallest absolute Gasteiger partial charge is 0.233 e. The second kappa shape index (κ2) is 8.57. The van der Waals surface area contributed by atoms with E-state index in [9.17, 15) is 4.79 Å². The van der Waals surface area contributed by atoms with Gasteiger partial charge in [0.15, 0.2) is 16.7 Å². The maximum Gasteiger partial charge on any atom is 0.233 e. The highest BCUT2D eigenvalue weighted by atomic mass is 32.2. The first-order valence-electron chi connectivity index (χ1n) is 9.35. The summed E-state index contributed by atoms with van der Waals surface area (Å²) in [5, 5.41) is 11.9. The number of nitrogens with zero attached hydrogens (tertiary/aromatic N) is 3. The predicted molar refractivity (Wildman–Crippen MR) is 110 cm³/mol. The molecular formula is C21H22N4O3S. The number of hydrogen-bond acceptors (Lipinski definition) is 6. The molecule has 0 radical (unpaired) electrons. The second-order valence-electron chi connectivity index (χ2n) is 6.79. The van der Waals surface area contributed by atoms with E-state index >= 15 is 0 Å². The van der Waals surface area contributed by atoms with E-state index in [0.29, 0.717) is 18.7 Å². The van der Waals surface area contributed by atoms with E-state index < -0.39 is 0 Å². The van der Waals surface area contributed by atoms with Crippen LogP contribution in [0.25, 0.3) is 0 Å². The van der Waals surface area contributed by atoms with Crippen molar-refractivity contribution >= 4 is 17.7 Å². The van der Waals surface area contributed by atoms with Crippen molar-refractivity contribution in [2.45, 2.75) is 30.3 Å². The Kier molecular flexibility index (Phi) is 5.71. The molecule has 1 aliphatic heterocycles. The number of carbonyl (C=O) groups is 1. The number of rotatable bonds is 7. The zero-order valence-electron chi connectivity index (χ0n) is 16.3. The van der Waals surface area contributed by atoms with Crippen LogP contribution in [-0.4, -0.2) is 32.7 Å². The molecule has 29 heavy (non-hydrogen) atoms. The van der Waals surface area contributed by atoms with E-state index in [4.69, 9.17) is 9.47 Å². The first-order valence-corrected chi connectivity index (χ1v) is 10.2. The van der Waals surface area contributed by atoms with Gasteiger partial charge in [0.05, 0.1) is 5.25 Å². The molecule has 2 heterocycles. The molecular weight excluding hydrogens is 388 g/mol. The Morgan fingerprint density at radius 1 is 1.14 bits per heavy atom. The Morgan fingerprint density at radius 3 is 2.76 bits per heavy atom. The van der Waals surface area contributed by atoms with Crippen LogP contribution in [0.5, 0.6) is 11.5 Å². The molecule has 0 saturated carbocycles. The van der Waals surface area contributed by atoms with Crippen molar-refractivity contribution in [2.75, 3.05) is 6.79 Å². The van der Waals surface area contributed by atoms with Crippen molar-refractivity contribution in [3.05, 3.63) is 65.5 Å². The van der Waals surface area contributed by atoms with Gasteiger partial charge in [-0.25, -0.2) is 0 Å². The lowest BCUT2D eigenvalue weighted by molar-refractivity contribution is -0.120. The third-order valence-corrected chi connectivity index (χ3v) is 5.82. The average Bonchev–Trinajstić information content (AvgIpc) is 3.34. The maximum absolute atomic E-state index is 12.5. The third kappa shape index (κ3) is 4.54. The summed E-state index contributed by atoms with van der Waals surface area (Å²) in [6.45, 7) is 2.53. The van der Waals surface area contributed by atoms with Gasteiger partial charge < -0.3 is 19.4 Å². The SMILES string of the molecule is C[C@@H](Sc1nnc(Cc2ccccc2)n1C)C(=O)NCc1ccc2c(c1)OCO2. The lowest BCUT2D eigenvalue weighted by Gasteiger charge is -2.12. The van der Waals surface area contributed by atoms with Gasteiger partial charge in [0.1, 0.15) is 5.82 Å². The van der Waals surface area contributed by atoms with E-state index in [0.717, 1.165) is 22.3 Å². The van der Waals surface area contributed by atoms with Gasteiger partial charge in [0.25, 0.3) is 0 Å². The standard InChI is InChI=1S/C21H22N4O3S/c1-14(20(26)22-12-16-8-9-17-18(10-16)28-13-27-17)29-21-24-23-19(25(21)2)11-15-6-4-3-5-7-15/h3-10,14H,11-13H2,1-2H3,(H,22,26)/t14-/m1/s1. The second-order valence-corrected chi connectivity index (χ2v) is 8.09. The fourth-order valence-corrected chi connectivity index (χ4v) is 3.83. The summed E-state index contributed by atoms with van der Waals surface area (Å²) in [4.78, 5) is 12.5. The minimum Gasteiger partial charge on any atom is -0.454 e. The van der Waals surface area contributed by atoms with Crippen molar-refractivity contribution in [3.8, 4) is 11.5 Å². The Bertz CT molecular complexity index is 1010. The lowest BCUT2D eigenvalue weighted by Crippen LogP contribution is -2.30. The maximum atomic E-state index is 12.5. The molecule has 1 amide bonds. The minimum atomic E-state index is -0.295. The van der Waals surface area contributed by atoms with E-state index in [2.05, 4.69) is 27.6 Å². The normalized spacial score (nSPS) is 13.3. The summed E-state index contributed by atoms with van der Waals surface area (Å²) >= 11 is 1.40. The number of thioether (sulfide) groups is 1. The number of aromatic nitrogens is 3. The number of carbonyl (C=O) groups excluding carboxylic acids is 1. The van der Waals surface area contributed by atoms with Crippen LogP contribution in [-0.2, 0) is 24.8 Å². The first kappa shape index (κ1) is 19.3. The number of nitrogens with one attached hydrogen (secondary N) is 1. The van der Waals surface area contributed by atoms with Crippen molar-refractivity contribution in [2.24, 2.45) is 7.05 Å². The molecule has 1 aromatic heterocycles. The summed E-state index contributed by atoms with van der Waals surface area (Å²) in [6.07, 6.45) is 0.704.